The van der Waals surface area contributed by atoms with E-state index < -0.39 is 17.1 Å². The fourth-order valence-electron chi connectivity index (χ4n) is 4.18. The summed E-state index contributed by atoms with van der Waals surface area (Å²) in [6.45, 7) is 6.02. The molecule has 9 heteroatoms. The van der Waals surface area contributed by atoms with Gasteiger partial charge in [-0.25, -0.2) is 0 Å². The number of nitrogens with one attached hydrogen (secondary N) is 3. The number of hydrogen-bond acceptors (Lipinski definition) is 5. The van der Waals surface area contributed by atoms with E-state index in [1.807, 2.05) is 36.4 Å². The number of rotatable bonds is 11. The Morgan fingerprint density at radius 1 is 0.818 bits per heavy atom. The van der Waals surface area contributed by atoms with Crippen LogP contribution >= 0.6 is 23.4 Å². The summed E-state index contributed by atoms with van der Waals surface area (Å²) in [5.41, 5.74) is 3.56. The van der Waals surface area contributed by atoms with Gasteiger partial charge in [0, 0.05) is 21.8 Å². The first-order valence-electron chi connectivity index (χ1n) is 14.0. The summed E-state index contributed by atoms with van der Waals surface area (Å²) in [5, 5.41) is 8.47. The Morgan fingerprint density at radius 3 is 2.18 bits per heavy atom. The van der Waals surface area contributed by atoms with E-state index in [0.717, 1.165) is 10.5 Å². The number of thioether (sulfide) groups is 1. The molecule has 0 heterocycles. The Labute approximate surface area is 267 Å². The molecule has 44 heavy (non-hydrogen) atoms. The molecule has 4 aromatic rings. The molecule has 226 valence electrons. The number of anilines is 2. The minimum absolute atomic E-state index is 0.0973. The highest BCUT2D eigenvalue weighted by Gasteiger charge is 2.18. The van der Waals surface area contributed by atoms with Crippen LogP contribution in [0.2, 0.25) is 5.02 Å². The Hall–Kier alpha value is -4.53. The summed E-state index contributed by atoms with van der Waals surface area (Å²) in [4.78, 5) is 40.1. The minimum atomic E-state index is -0.480. The van der Waals surface area contributed by atoms with Crippen LogP contribution in [0.15, 0.2) is 108 Å². The van der Waals surface area contributed by atoms with Crippen molar-refractivity contribution in [1.82, 2.24) is 5.32 Å². The lowest BCUT2D eigenvalue weighted by molar-refractivity contribution is -0.115. The highest BCUT2D eigenvalue weighted by molar-refractivity contribution is 8.00. The number of amides is 3. The Kier molecular flexibility index (Phi) is 11.2. The van der Waals surface area contributed by atoms with E-state index in [2.05, 4.69) is 29.8 Å². The van der Waals surface area contributed by atoms with Crippen LogP contribution in [0.5, 0.6) is 5.75 Å². The van der Waals surface area contributed by atoms with Gasteiger partial charge in [-0.15, -0.1) is 11.8 Å². The second-order valence-corrected chi connectivity index (χ2v) is 12.1. The molecule has 0 aliphatic rings. The summed E-state index contributed by atoms with van der Waals surface area (Å²) in [7, 11) is 1.53. The van der Waals surface area contributed by atoms with Crippen LogP contribution < -0.4 is 20.7 Å². The molecule has 4 aromatic carbocycles. The lowest BCUT2D eigenvalue weighted by Crippen LogP contribution is -2.30. The quantitative estimate of drug-likeness (QED) is 0.116. The molecule has 0 bridgehead atoms. The zero-order chi connectivity index (χ0) is 31.6. The molecule has 0 spiro atoms. The molecule has 0 fully saturated rings. The smallest absolute Gasteiger partial charge is 0.272 e. The van der Waals surface area contributed by atoms with Crippen molar-refractivity contribution in [2.75, 3.05) is 17.7 Å². The molecule has 1 atom stereocenters. The molecule has 0 aliphatic heterocycles. The second-order valence-electron chi connectivity index (χ2n) is 10.3. The number of carbonyl (C=O) groups excluding carboxylic acids is 3. The van der Waals surface area contributed by atoms with Crippen LogP contribution in [-0.4, -0.2) is 30.1 Å². The standard InChI is InChI=1S/C35H34ClN3O4S/c1-22(2)25-15-13-24(14-16-25)19-31(39-34(41)26-9-6-5-7-10-26)35(42)38-27-11-8-12-29(20-27)44-23(3)33(40)37-28-17-18-32(43-4)30(36)21-28/h5-23H,1-4H3,(H,37,40)(H,38,42)(H,39,41)/b31-19+. The van der Waals surface area contributed by atoms with Gasteiger partial charge in [0.15, 0.2) is 0 Å². The summed E-state index contributed by atoms with van der Waals surface area (Å²) < 4.78 is 5.16. The zero-order valence-corrected chi connectivity index (χ0v) is 26.5. The molecule has 0 saturated carbocycles. The first-order valence-corrected chi connectivity index (χ1v) is 15.3. The SMILES string of the molecule is COc1ccc(NC(=O)C(C)Sc2cccc(NC(=O)/C(=C\c3ccc(C(C)C)cc3)NC(=O)c3ccccc3)c2)cc1Cl. The molecule has 0 radical (unpaired) electrons. The Morgan fingerprint density at radius 2 is 1.52 bits per heavy atom. The van der Waals surface area contributed by atoms with Crippen LogP contribution in [0.4, 0.5) is 11.4 Å². The first-order chi connectivity index (χ1) is 21.1. The predicted octanol–water partition coefficient (Wildman–Crippen LogP) is 8.00. The average molecular weight is 628 g/mol. The maximum atomic E-state index is 13.5. The van der Waals surface area contributed by atoms with Crippen molar-refractivity contribution < 1.29 is 19.1 Å². The number of benzene rings is 4. The summed E-state index contributed by atoms with van der Waals surface area (Å²) in [6, 6.07) is 28.8. The molecule has 3 amide bonds. The predicted molar refractivity (Wildman–Crippen MR) is 179 cm³/mol. The van der Waals surface area contributed by atoms with Gasteiger partial charge in [0.05, 0.1) is 17.4 Å². The number of hydrogen-bond donors (Lipinski definition) is 3. The van der Waals surface area contributed by atoms with Crippen molar-refractivity contribution in [3.8, 4) is 5.75 Å². The monoisotopic (exact) mass is 627 g/mol. The van der Waals surface area contributed by atoms with Crippen molar-refractivity contribution in [3.05, 3.63) is 124 Å². The largest absolute Gasteiger partial charge is 0.495 e. The van der Waals surface area contributed by atoms with Crippen LogP contribution in [0.25, 0.3) is 6.08 Å². The highest BCUT2D eigenvalue weighted by Crippen LogP contribution is 2.30. The fraction of sp³-hybridized carbons (Fsp3) is 0.171. The van der Waals surface area contributed by atoms with E-state index in [0.29, 0.717) is 33.6 Å². The van der Waals surface area contributed by atoms with Gasteiger partial charge >= 0.3 is 0 Å². The molecule has 4 rings (SSSR count). The van der Waals surface area contributed by atoms with Gasteiger partial charge in [0.1, 0.15) is 11.4 Å². The lowest BCUT2D eigenvalue weighted by Gasteiger charge is -2.15. The van der Waals surface area contributed by atoms with Gasteiger partial charge in [-0.05, 0) is 78.6 Å². The van der Waals surface area contributed by atoms with E-state index in [1.165, 1.54) is 24.4 Å². The van der Waals surface area contributed by atoms with Crippen molar-refractivity contribution in [1.29, 1.82) is 0 Å². The summed E-state index contributed by atoms with van der Waals surface area (Å²) in [6.07, 6.45) is 1.65. The van der Waals surface area contributed by atoms with E-state index in [-0.39, 0.29) is 11.6 Å². The number of ether oxygens (including phenoxy) is 1. The van der Waals surface area contributed by atoms with Crippen molar-refractivity contribution >= 4 is 58.5 Å². The second kappa shape index (κ2) is 15.3. The van der Waals surface area contributed by atoms with E-state index in [9.17, 15) is 14.4 Å². The number of carbonyl (C=O) groups is 3. The maximum Gasteiger partial charge on any atom is 0.272 e. The van der Waals surface area contributed by atoms with Gasteiger partial charge in [0.25, 0.3) is 11.8 Å². The van der Waals surface area contributed by atoms with Gasteiger partial charge < -0.3 is 20.7 Å². The molecule has 0 aliphatic carbocycles. The summed E-state index contributed by atoms with van der Waals surface area (Å²) >= 11 is 7.52. The molecule has 1 unspecified atom stereocenters. The van der Waals surface area contributed by atoms with E-state index in [4.69, 9.17) is 16.3 Å². The molecule has 0 saturated heterocycles. The number of halogens is 1. The Balaban J connectivity index is 1.48. The van der Waals surface area contributed by atoms with Crippen molar-refractivity contribution in [3.63, 3.8) is 0 Å². The van der Waals surface area contributed by atoms with Gasteiger partial charge in [-0.3, -0.25) is 14.4 Å². The molecule has 3 N–H and O–H groups in total. The van der Waals surface area contributed by atoms with Gasteiger partial charge in [0.2, 0.25) is 5.91 Å². The van der Waals surface area contributed by atoms with Crippen LogP contribution in [0.1, 0.15) is 48.2 Å². The maximum absolute atomic E-state index is 13.5. The first kappa shape index (κ1) is 32.4. The summed E-state index contributed by atoms with van der Waals surface area (Å²) in [5.74, 6) is -0.191. The molecule has 7 nitrogen and oxygen atoms in total. The third-order valence-electron chi connectivity index (χ3n) is 6.64. The lowest BCUT2D eigenvalue weighted by atomic mass is 10.0. The van der Waals surface area contributed by atoms with Gasteiger partial charge in [-0.2, -0.15) is 0 Å². The minimum Gasteiger partial charge on any atom is -0.495 e. The Bertz CT molecular complexity index is 1660. The van der Waals surface area contributed by atoms with E-state index >= 15 is 0 Å². The molecule has 0 aromatic heterocycles. The highest BCUT2D eigenvalue weighted by atomic mass is 35.5. The zero-order valence-electron chi connectivity index (χ0n) is 24.9. The third kappa shape index (κ3) is 8.99. The number of methoxy groups -OCH3 is 1. The normalized spacial score (nSPS) is 11.9. The van der Waals surface area contributed by atoms with Crippen LogP contribution in [0.3, 0.4) is 0 Å². The van der Waals surface area contributed by atoms with E-state index in [1.54, 1.807) is 73.7 Å². The topological polar surface area (TPSA) is 96.5 Å². The van der Waals surface area contributed by atoms with Crippen molar-refractivity contribution in [2.45, 2.75) is 36.8 Å². The molecular weight excluding hydrogens is 594 g/mol. The van der Waals surface area contributed by atoms with Crippen LogP contribution in [-0.2, 0) is 9.59 Å². The molecular formula is C35H34ClN3O4S. The van der Waals surface area contributed by atoms with Gasteiger partial charge in [-0.1, -0.05) is 74.0 Å². The van der Waals surface area contributed by atoms with Crippen molar-refractivity contribution in [2.24, 2.45) is 0 Å². The fourth-order valence-corrected chi connectivity index (χ4v) is 5.36. The van der Waals surface area contributed by atoms with Crippen LogP contribution in [0, 0.1) is 0 Å². The third-order valence-corrected chi connectivity index (χ3v) is 8.03. The average Bonchev–Trinajstić information content (AvgIpc) is 3.01.